The Morgan fingerprint density at radius 2 is 0.476 bits per heavy atom. The van der Waals surface area contributed by atoms with Gasteiger partial charge in [-0.1, -0.05) is 354 Å². The van der Waals surface area contributed by atoms with Crippen LogP contribution in [0.4, 0.5) is 0 Å². The van der Waals surface area contributed by atoms with Crippen LogP contribution in [0.2, 0.25) is 0 Å². The Balaban J connectivity index is 3.43. The Kier molecular flexibility index (Phi) is 70.3. The van der Waals surface area contributed by atoms with E-state index in [2.05, 4.69) is 135 Å². The zero-order valence-corrected chi connectivity index (χ0v) is 55.4. The summed E-state index contributed by atoms with van der Waals surface area (Å²) >= 11 is 0. The van der Waals surface area contributed by atoms with Crippen molar-refractivity contribution in [2.45, 2.75) is 354 Å². The first-order chi connectivity index (χ1) is 41.6. The molecule has 1 atom stereocenters. The molecule has 5 heteroatoms. The van der Waals surface area contributed by atoms with Gasteiger partial charge >= 0.3 is 11.9 Å². The molecule has 482 valence electrons. The molecule has 0 fully saturated rings. The van der Waals surface area contributed by atoms with Crippen molar-refractivity contribution in [3.63, 3.8) is 0 Å². The second kappa shape index (κ2) is 73.6. The molecule has 0 aromatic heterocycles. The molecule has 0 aromatic rings. The van der Waals surface area contributed by atoms with Gasteiger partial charge in [0.15, 0.2) is 6.10 Å². The number of ether oxygens (including phenoxy) is 2. The Morgan fingerprint density at radius 1 is 0.274 bits per heavy atom. The molecule has 0 aromatic carbocycles. The van der Waals surface area contributed by atoms with Gasteiger partial charge in [0, 0.05) is 12.8 Å². The molecule has 0 saturated heterocycles. The van der Waals surface area contributed by atoms with Gasteiger partial charge in [-0.25, -0.2) is 0 Å². The first-order valence-electron chi connectivity index (χ1n) is 36.1. The smallest absolute Gasteiger partial charge is 0.306 e. The number of esters is 2. The minimum Gasteiger partial charge on any atom is -0.462 e. The summed E-state index contributed by atoms with van der Waals surface area (Å²) in [6.07, 6.45) is 108. The second-order valence-electron chi connectivity index (χ2n) is 23.9. The third-order valence-corrected chi connectivity index (χ3v) is 15.8. The molecule has 0 bridgehead atoms. The molecular weight excluding hydrogens is 1030 g/mol. The van der Waals surface area contributed by atoms with Crippen molar-refractivity contribution in [1.29, 1.82) is 0 Å². The van der Waals surface area contributed by atoms with E-state index in [4.69, 9.17) is 9.47 Å². The fourth-order valence-corrected chi connectivity index (χ4v) is 10.4. The minimum atomic E-state index is -0.779. The zero-order valence-electron chi connectivity index (χ0n) is 55.4. The lowest BCUT2D eigenvalue weighted by Crippen LogP contribution is -2.28. The highest BCUT2D eigenvalue weighted by molar-refractivity contribution is 5.70. The van der Waals surface area contributed by atoms with Gasteiger partial charge in [0.05, 0.1) is 6.61 Å². The van der Waals surface area contributed by atoms with E-state index in [-0.39, 0.29) is 25.2 Å². The molecule has 1 N–H and O–H groups in total. The zero-order chi connectivity index (χ0) is 60.5. The summed E-state index contributed by atoms with van der Waals surface area (Å²) in [7, 11) is 0. The Labute approximate surface area is 522 Å². The lowest BCUT2D eigenvalue weighted by molar-refractivity contribution is -0.161. The normalized spacial score (nSPS) is 12.9. The first-order valence-corrected chi connectivity index (χ1v) is 36.1. The van der Waals surface area contributed by atoms with Gasteiger partial charge in [0.1, 0.15) is 6.61 Å². The van der Waals surface area contributed by atoms with Crippen LogP contribution in [-0.4, -0.2) is 36.4 Å². The SMILES string of the molecule is CC/C=C\C/C=C\C/C=C\C/C=C\C/C=C\C/C=C\CCCCCCCCCCCCCCC(=O)OC(CO)COC(=O)CCCCCCCCCCCCCCCCCCCCCCCCCCCC/C=C\C/C=C\C/C=C\C/C=C\CC. The van der Waals surface area contributed by atoms with Crippen LogP contribution < -0.4 is 0 Å². The molecule has 0 radical (unpaired) electrons. The third-order valence-electron chi connectivity index (χ3n) is 15.8. The average molecular weight is 1170 g/mol. The number of aliphatic hydroxyl groups is 1. The highest BCUT2D eigenvalue weighted by Crippen LogP contribution is 2.18. The topological polar surface area (TPSA) is 72.8 Å². The third kappa shape index (κ3) is 70.8. The van der Waals surface area contributed by atoms with Crippen LogP contribution in [0.15, 0.2) is 122 Å². The number of hydrogen-bond donors (Lipinski definition) is 1. The summed E-state index contributed by atoms with van der Waals surface area (Å²) in [4.78, 5) is 24.7. The predicted octanol–water partition coefficient (Wildman–Crippen LogP) is 25.3. The van der Waals surface area contributed by atoms with Crippen LogP contribution >= 0.6 is 0 Å². The summed E-state index contributed by atoms with van der Waals surface area (Å²) in [6, 6.07) is 0. The number of carbonyl (C=O) groups is 2. The quantitative estimate of drug-likeness (QED) is 0.0373. The van der Waals surface area contributed by atoms with E-state index >= 15 is 0 Å². The molecule has 0 amide bonds. The molecule has 0 heterocycles. The number of aliphatic hydroxyl groups excluding tert-OH is 1. The highest BCUT2D eigenvalue weighted by Gasteiger charge is 2.16. The van der Waals surface area contributed by atoms with E-state index in [1.165, 1.54) is 218 Å². The van der Waals surface area contributed by atoms with Crippen molar-refractivity contribution in [1.82, 2.24) is 0 Å². The highest BCUT2D eigenvalue weighted by atomic mass is 16.6. The van der Waals surface area contributed by atoms with E-state index < -0.39 is 6.10 Å². The lowest BCUT2D eigenvalue weighted by Gasteiger charge is -2.15. The second-order valence-corrected chi connectivity index (χ2v) is 23.9. The molecule has 0 rings (SSSR count). The predicted molar refractivity (Wildman–Crippen MR) is 371 cm³/mol. The van der Waals surface area contributed by atoms with Crippen molar-refractivity contribution in [3.05, 3.63) is 122 Å². The Morgan fingerprint density at radius 3 is 0.714 bits per heavy atom. The first kappa shape index (κ1) is 80.3. The maximum absolute atomic E-state index is 12.4. The van der Waals surface area contributed by atoms with Gasteiger partial charge in [-0.2, -0.15) is 0 Å². The van der Waals surface area contributed by atoms with Gasteiger partial charge in [-0.05, 0) is 103 Å². The molecule has 0 saturated carbocycles. The van der Waals surface area contributed by atoms with Crippen LogP contribution in [0.1, 0.15) is 348 Å². The molecule has 0 aliphatic heterocycles. The maximum atomic E-state index is 12.4. The maximum Gasteiger partial charge on any atom is 0.306 e. The molecule has 5 nitrogen and oxygen atoms in total. The van der Waals surface area contributed by atoms with E-state index in [1.54, 1.807) is 0 Å². The van der Waals surface area contributed by atoms with Crippen LogP contribution in [0.25, 0.3) is 0 Å². The van der Waals surface area contributed by atoms with Gasteiger partial charge in [-0.15, -0.1) is 0 Å². The fourth-order valence-electron chi connectivity index (χ4n) is 10.4. The monoisotopic (exact) mass is 1170 g/mol. The van der Waals surface area contributed by atoms with E-state index in [1.807, 2.05) is 0 Å². The van der Waals surface area contributed by atoms with Crippen molar-refractivity contribution < 1.29 is 24.2 Å². The van der Waals surface area contributed by atoms with Crippen LogP contribution in [-0.2, 0) is 19.1 Å². The largest absolute Gasteiger partial charge is 0.462 e. The van der Waals surface area contributed by atoms with Crippen LogP contribution in [0.3, 0.4) is 0 Å². The van der Waals surface area contributed by atoms with Crippen molar-refractivity contribution in [2.75, 3.05) is 13.2 Å². The van der Waals surface area contributed by atoms with Crippen LogP contribution in [0.5, 0.6) is 0 Å². The van der Waals surface area contributed by atoms with E-state index in [0.717, 1.165) is 103 Å². The summed E-state index contributed by atoms with van der Waals surface area (Å²) in [5.74, 6) is -0.582. The number of rotatable bonds is 66. The summed E-state index contributed by atoms with van der Waals surface area (Å²) in [5.41, 5.74) is 0. The van der Waals surface area contributed by atoms with Crippen molar-refractivity contribution >= 4 is 11.9 Å². The Bertz CT molecular complexity index is 1650. The van der Waals surface area contributed by atoms with Gasteiger partial charge in [0.25, 0.3) is 0 Å². The summed E-state index contributed by atoms with van der Waals surface area (Å²) in [6.45, 7) is 3.94. The van der Waals surface area contributed by atoms with Gasteiger partial charge in [0.2, 0.25) is 0 Å². The molecule has 0 aliphatic carbocycles. The molecular formula is C79H136O5. The molecule has 0 aliphatic rings. The fraction of sp³-hybridized carbons (Fsp3) is 0.722. The standard InChI is InChI=1S/C79H136O5/c1-3-5-7-9-11-13-15-17-19-21-23-25-27-29-31-33-35-36-37-38-39-40-41-42-44-45-47-49-51-53-55-57-59-61-63-65-67-69-71-73-78(81)83-76-77(75-80)84-79(82)74-72-70-68-66-64-62-60-58-56-54-52-50-48-46-43-34-32-30-28-26-24-22-20-18-16-14-12-10-8-6-4-2/h5-8,11-14,17-20,23-26,30,32,43,46,77,80H,3-4,9-10,15-16,21-22,27-29,31,33-42,44-45,47-76H2,1-2H3/b7-5-,8-6-,13-11-,14-12-,19-17-,20-18-,25-23-,26-24-,32-30-,46-43-. The van der Waals surface area contributed by atoms with Gasteiger partial charge in [-0.3, -0.25) is 9.59 Å². The number of carbonyl (C=O) groups excluding carboxylic acids is 2. The summed E-state index contributed by atoms with van der Waals surface area (Å²) in [5, 5.41) is 9.71. The number of unbranched alkanes of at least 4 members (excludes halogenated alkanes) is 38. The molecule has 84 heavy (non-hydrogen) atoms. The van der Waals surface area contributed by atoms with Gasteiger partial charge < -0.3 is 14.6 Å². The van der Waals surface area contributed by atoms with E-state index in [9.17, 15) is 14.7 Å². The number of allylic oxidation sites excluding steroid dienone is 20. The average Bonchev–Trinajstić information content (AvgIpc) is 3.51. The summed E-state index contributed by atoms with van der Waals surface area (Å²) < 4.78 is 10.8. The molecule has 1 unspecified atom stereocenters. The Hall–Kier alpha value is -3.70. The minimum absolute atomic E-state index is 0.0673. The van der Waals surface area contributed by atoms with E-state index in [0.29, 0.717) is 12.8 Å². The number of hydrogen-bond acceptors (Lipinski definition) is 5. The van der Waals surface area contributed by atoms with Crippen LogP contribution in [0, 0.1) is 0 Å². The molecule has 0 spiro atoms. The van der Waals surface area contributed by atoms with Crippen molar-refractivity contribution in [2.24, 2.45) is 0 Å². The van der Waals surface area contributed by atoms with Crippen molar-refractivity contribution in [3.8, 4) is 0 Å². The lowest BCUT2D eigenvalue weighted by atomic mass is 10.0.